The van der Waals surface area contributed by atoms with Crippen LogP contribution in [0, 0.1) is 0 Å². The van der Waals surface area contributed by atoms with E-state index in [1.54, 1.807) is 6.26 Å². The van der Waals surface area contributed by atoms with Crippen molar-refractivity contribution >= 4 is 11.8 Å². The molecule has 2 nitrogen and oxygen atoms in total. The molecule has 0 amide bonds. The molecule has 6 heteroatoms. The Morgan fingerprint density at radius 3 is 2.25 bits per heavy atom. The zero-order chi connectivity index (χ0) is 12.6. The number of halogens is 3. The van der Waals surface area contributed by atoms with Crippen molar-refractivity contribution < 1.29 is 23.4 Å². The van der Waals surface area contributed by atoms with Crippen molar-refractivity contribution in [2.24, 2.45) is 0 Å². The summed E-state index contributed by atoms with van der Waals surface area (Å²) in [6.45, 7) is 0.694. The zero-order valence-corrected chi connectivity index (χ0v) is 9.49. The average Bonchev–Trinajstić information content (AvgIpc) is 2.15. The molecule has 0 aromatic heterocycles. The summed E-state index contributed by atoms with van der Waals surface area (Å²) in [6, 6.07) is 3.39. The molecule has 0 fully saturated rings. The minimum atomic E-state index is -4.76. The van der Waals surface area contributed by atoms with Gasteiger partial charge in [0.1, 0.15) is 5.75 Å². The predicted octanol–water partition coefficient (Wildman–Crippen LogP) is 2.88. The number of benzene rings is 1. The summed E-state index contributed by atoms with van der Waals surface area (Å²) in [5, 5.41) is 18.7. The highest BCUT2D eigenvalue weighted by atomic mass is 32.2. The molecule has 1 unspecified atom stereocenters. The number of hydrogen-bond acceptors (Lipinski definition) is 3. The Balaban J connectivity index is 3.33. The number of aliphatic hydroxyl groups is 1. The fraction of sp³-hybridized carbons (Fsp3) is 0.400. The van der Waals surface area contributed by atoms with Gasteiger partial charge < -0.3 is 10.2 Å². The summed E-state index contributed by atoms with van der Waals surface area (Å²) >= 11 is 1.03. The van der Waals surface area contributed by atoms with Gasteiger partial charge in [-0.1, -0.05) is 6.07 Å². The van der Waals surface area contributed by atoms with Gasteiger partial charge in [-0.3, -0.25) is 0 Å². The molecule has 0 heterocycles. The fourth-order valence-corrected chi connectivity index (χ4v) is 1.96. The maximum Gasteiger partial charge on any atom is 0.421 e. The highest BCUT2D eigenvalue weighted by molar-refractivity contribution is 7.98. The minimum Gasteiger partial charge on any atom is -0.508 e. The van der Waals surface area contributed by atoms with Gasteiger partial charge in [0, 0.05) is 10.5 Å². The van der Waals surface area contributed by atoms with Gasteiger partial charge in [0.05, 0.1) is 0 Å². The van der Waals surface area contributed by atoms with Gasteiger partial charge in [-0.2, -0.15) is 13.2 Å². The van der Waals surface area contributed by atoms with Crippen molar-refractivity contribution in [2.75, 3.05) is 6.26 Å². The average molecular weight is 252 g/mol. The number of phenolic OH excluding ortho intramolecular Hbond substituents is 1. The number of aromatic hydroxyl groups is 1. The van der Waals surface area contributed by atoms with Crippen molar-refractivity contribution in [1.82, 2.24) is 0 Å². The maximum absolute atomic E-state index is 12.6. The van der Waals surface area contributed by atoms with E-state index in [2.05, 4.69) is 0 Å². The molecule has 0 aliphatic carbocycles. The smallest absolute Gasteiger partial charge is 0.421 e. The normalized spacial score (nSPS) is 15.9. The van der Waals surface area contributed by atoms with E-state index in [1.165, 1.54) is 6.07 Å². The van der Waals surface area contributed by atoms with Crippen molar-refractivity contribution in [3.63, 3.8) is 0 Å². The first-order valence-electron chi connectivity index (χ1n) is 4.36. The van der Waals surface area contributed by atoms with Crippen LogP contribution in [0.25, 0.3) is 0 Å². The first-order chi connectivity index (χ1) is 7.20. The second kappa shape index (κ2) is 4.18. The van der Waals surface area contributed by atoms with E-state index in [-0.39, 0.29) is 16.2 Å². The summed E-state index contributed by atoms with van der Waals surface area (Å²) in [5.41, 5.74) is -3.18. The van der Waals surface area contributed by atoms with Crippen LogP contribution < -0.4 is 0 Å². The Labute approximate surface area is 95.1 Å². The molecule has 1 atom stereocenters. The molecule has 1 aromatic rings. The van der Waals surface area contributed by atoms with Crippen LogP contribution >= 0.6 is 11.8 Å². The second-order valence-electron chi connectivity index (χ2n) is 3.45. The standard InChI is InChI=1S/C10H11F3O2S/c1-9(15,10(11,12)13)7-4-3-6(14)5-8(7)16-2/h3-5,14-15H,1-2H3. The molecule has 0 saturated heterocycles. The van der Waals surface area contributed by atoms with Gasteiger partial charge in [0.25, 0.3) is 0 Å². The quantitative estimate of drug-likeness (QED) is 0.795. The van der Waals surface area contributed by atoms with Gasteiger partial charge in [-0.15, -0.1) is 11.8 Å². The molecular formula is C10H11F3O2S. The monoisotopic (exact) mass is 252 g/mol. The highest BCUT2D eigenvalue weighted by Crippen LogP contribution is 2.42. The second-order valence-corrected chi connectivity index (χ2v) is 4.30. The van der Waals surface area contributed by atoms with Crippen LogP contribution in [0.15, 0.2) is 23.1 Å². The Morgan fingerprint density at radius 2 is 1.81 bits per heavy atom. The van der Waals surface area contributed by atoms with Gasteiger partial charge in [0.15, 0.2) is 5.60 Å². The minimum absolute atomic E-state index is 0.133. The van der Waals surface area contributed by atoms with Crippen LogP contribution in [0.3, 0.4) is 0 Å². The van der Waals surface area contributed by atoms with Gasteiger partial charge >= 0.3 is 6.18 Å². The molecule has 0 aliphatic heterocycles. The van der Waals surface area contributed by atoms with Crippen LogP contribution in [0.5, 0.6) is 5.75 Å². The summed E-state index contributed by atoms with van der Waals surface area (Å²) in [7, 11) is 0. The molecule has 0 radical (unpaired) electrons. The Kier molecular flexibility index (Phi) is 3.44. The molecule has 2 N–H and O–H groups in total. The van der Waals surface area contributed by atoms with Gasteiger partial charge in [-0.25, -0.2) is 0 Å². The molecule has 0 aliphatic rings. The SMILES string of the molecule is CSc1cc(O)ccc1C(C)(O)C(F)(F)F. The number of rotatable bonds is 2. The van der Waals surface area contributed by atoms with E-state index in [0.717, 1.165) is 23.9 Å². The van der Waals surface area contributed by atoms with Crippen molar-refractivity contribution in [2.45, 2.75) is 23.6 Å². The topological polar surface area (TPSA) is 40.5 Å². The van der Waals surface area contributed by atoms with Crippen molar-refractivity contribution in [1.29, 1.82) is 0 Å². The van der Waals surface area contributed by atoms with Crippen LogP contribution in [0.1, 0.15) is 12.5 Å². The number of hydrogen-bond donors (Lipinski definition) is 2. The van der Waals surface area contributed by atoms with E-state index < -0.39 is 11.8 Å². The molecule has 1 aromatic carbocycles. The van der Waals surface area contributed by atoms with Crippen molar-refractivity contribution in [3.05, 3.63) is 23.8 Å². The molecule has 1 rings (SSSR count). The van der Waals surface area contributed by atoms with Gasteiger partial charge in [0.2, 0.25) is 0 Å². The Bertz CT molecular complexity index is 388. The van der Waals surface area contributed by atoms with Gasteiger partial charge in [-0.05, 0) is 25.3 Å². The third-order valence-electron chi connectivity index (χ3n) is 2.26. The molecule has 0 bridgehead atoms. The summed E-state index contributed by atoms with van der Waals surface area (Å²) < 4.78 is 37.8. The largest absolute Gasteiger partial charge is 0.508 e. The molecule has 0 spiro atoms. The lowest BCUT2D eigenvalue weighted by Gasteiger charge is -2.28. The third-order valence-corrected chi connectivity index (χ3v) is 3.04. The van der Waals surface area contributed by atoms with Crippen LogP contribution in [0.2, 0.25) is 0 Å². The zero-order valence-electron chi connectivity index (χ0n) is 8.67. The first kappa shape index (κ1) is 13.2. The molecule has 0 saturated carbocycles. The number of phenols is 1. The lowest BCUT2D eigenvalue weighted by molar-refractivity contribution is -0.259. The third kappa shape index (κ3) is 2.27. The highest BCUT2D eigenvalue weighted by Gasteiger charge is 2.52. The maximum atomic E-state index is 12.6. The Hall–Kier alpha value is -0.880. The van der Waals surface area contributed by atoms with E-state index >= 15 is 0 Å². The first-order valence-corrected chi connectivity index (χ1v) is 5.59. The summed E-state index contributed by atoms with van der Waals surface area (Å²) in [5.74, 6) is -0.133. The van der Waals surface area contributed by atoms with Crippen molar-refractivity contribution in [3.8, 4) is 5.75 Å². The molecule has 16 heavy (non-hydrogen) atoms. The predicted molar refractivity (Wildman–Crippen MR) is 55.5 cm³/mol. The molecule has 90 valence electrons. The summed E-state index contributed by atoms with van der Waals surface area (Å²) in [4.78, 5) is 0.197. The lowest BCUT2D eigenvalue weighted by Crippen LogP contribution is -2.39. The van der Waals surface area contributed by atoms with E-state index in [0.29, 0.717) is 6.92 Å². The van der Waals surface area contributed by atoms with Crippen LogP contribution in [0.4, 0.5) is 13.2 Å². The molecular weight excluding hydrogens is 241 g/mol. The number of alkyl halides is 3. The van der Waals surface area contributed by atoms with E-state index in [9.17, 15) is 18.3 Å². The van der Waals surface area contributed by atoms with E-state index in [1.807, 2.05) is 0 Å². The fourth-order valence-electron chi connectivity index (χ4n) is 1.23. The van der Waals surface area contributed by atoms with Crippen LogP contribution in [-0.2, 0) is 5.60 Å². The summed E-state index contributed by atoms with van der Waals surface area (Å²) in [6.07, 6.45) is -3.18. The Morgan fingerprint density at radius 1 is 1.25 bits per heavy atom. The lowest BCUT2D eigenvalue weighted by atomic mass is 9.95. The van der Waals surface area contributed by atoms with E-state index in [4.69, 9.17) is 5.11 Å². The number of thioether (sulfide) groups is 1. The van der Waals surface area contributed by atoms with Crippen LogP contribution in [-0.4, -0.2) is 22.6 Å².